The fourth-order valence-corrected chi connectivity index (χ4v) is 3.38. The summed E-state index contributed by atoms with van der Waals surface area (Å²) in [6.07, 6.45) is 1.13. The van der Waals surface area contributed by atoms with Crippen LogP contribution in [0.25, 0.3) is 0 Å². The van der Waals surface area contributed by atoms with Crippen LogP contribution in [0.3, 0.4) is 0 Å². The molecule has 1 atom stereocenters. The number of benzene rings is 1. The molecule has 0 amide bonds. The highest BCUT2D eigenvalue weighted by molar-refractivity contribution is 14.0. The van der Waals surface area contributed by atoms with Gasteiger partial charge in [0.2, 0.25) is 0 Å². The first kappa shape index (κ1) is 26.0. The summed E-state index contributed by atoms with van der Waals surface area (Å²) in [6, 6.07) is 8.26. The number of nitrogens with one attached hydrogen (secondary N) is 1. The Kier molecular flexibility index (Phi) is 13.3. The summed E-state index contributed by atoms with van der Waals surface area (Å²) in [7, 11) is 1.70. The molecule has 29 heavy (non-hydrogen) atoms. The number of guanidine groups is 1. The van der Waals surface area contributed by atoms with Gasteiger partial charge in [0, 0.05) is 32.7 Å². The van der Waals surface area contributed by atoms with E-state index in [2.05, 4.69) is 43.1 Å². The van der Waals surface area contributed by atoms with Crippen LogP contribution in [0, 0.1) is 5.92 Å². The minimum absolute atomic E-state index is 0. The minimum atomic E-state index is 0. The SMILES string of the molecule is CCNC(=NCCOc1ccccc1C(C)C)N1CCC(COCCOC)C1.I. The molecule has 1 aliphatic heterocycles. The number of methoxy groups -OCH3 is 1. The molecule has 7 heteroatoms. The van der Waals surface area contributed by atoms with Crippen molar-refractivity contribution in [1.29, 1.82) is 0 Å². The van der Waals surface area contributed by atoms with Crippen LogP contribution in [0.5, 0.6) is 5.75 Å². The average molecular weight is 519 g/mol. The summed E-state index contributed by atoms with van der Waals surface area (Å²) < 4.78 is 16.7. The van der Waals surface area contributed by atoms with E-state index in [0.29, 0.717) is 38.2 Å². The van der Waals surface area contributed by atoms with Crippen LogP contribution in [0.4, 0.5) is 0 Å². The van der Waals surface area contributed by atoms with Crippen molar-refractivity contribution in [2.75, 3.05) is 59.7 Å². The van der Waals surface area contributed by atoms with Crippen molar-refractivity contribution in [1.82, 2.24) is 10.2 Å². The highest BCUT2D eigenvalue weighted by Gasteiger charge is 2.24. The van der Waals surface area contributed by atoms with Crippen molar-refractivity contribution >= 4 is 29.9 Å². The van der Waals surface area contributed by atoms with Crippen molar-refractivity contribution < 1.29 is 14.2 Å². The van der Waals surface area contributed by atoms with Gasteiger partial charge >= 0.3 is 0 Å². The van der Waals surface area contributed by atoms with Gasteiger partial charge in [0.1, 0.15) is 12.4 Å². The molecule has 2 rings (SSSR count). The van der Waals surface area contributed by atoms with Crippen molar-refractivity contribution in [2.24, 2.45) is 10.9 Å². The Balaban J connectivity index is 0.00000420. The molecule has 6 nitrogen and oxygen atoms in total. The fraction of sp³-hybridized carbons (Fsp3) is 0.682. The van der Waals surface area contributed by atoms with Gasteiger partial charge < -0.3 is 24.4 Å². The van der Waals surface area contributed by atoms with E-state index in [-0.39, 0.29) is 24.0 Å². The van der Waals surface area contributed by atoms with Crippen LogP contribution in [0.2, 0.25) is 0 Å². The van der Waals surface area contributed by atoms with Crippen LogP contribution >= 0.6 is 24.0 Å². The second-order valence-electron chi connectivity index (χ2n) is 7.45. The second kappa shape index (κ2) is 14.8. The lowest BCUT2D eigenvalue weighted by molar-refractivity contribution is 0.0536. The van der Waals surface area contributed by atoms with Gasteiger partial charge in [0.05, 0.1) is 26.4 Å². The molecule has 1 N–H and O–H groups in total. The number of ether oxygens (including phenoxy) is 3. The molecule has 0 spiro atoms. The van der Waals surface area contributed by atoms with Crippen molar-refractivity contribution in [2.45, 2.75) is 33.1 Å². The molecule has 1 unspecified atom stereocenters. The van der Waals surface area contributed by atoms with Gasteiger partial charge in [0.25, 0.3) is 0 Å². The maximum atomic E-state index is 6.00. The zero-order valence-electron chi connectivity index (χ0n) is 18.4. The Bertz CT molecular complexity index is 598. The number of aliphatic imine (C=N–C) groups is 1. The number of hydrogen-bond acceptors (Lipinski definition) is 4. The summed E-state index contributed by atoms with van der Waals surface area (Å²) in [6.45, 7) is 12.7. The van der Waals surface area contributed by atoms with Crippen molar-refractivity contribution in [3.8, 4) is 5.75 Å². The molecule has 0 radical (unpaired) electrons. The topological polar surface area (TPSA) is 55.3 Å². The fourth-order valence-electron chi connectivity index (χ4n) is 3.38. The largest absolute Gasteiger partial charge is 0.491 e. The summed E-state index contributed by atoms with van der Waals surface area (Å²) in [4.78, 5) is 7.10. The third kappa shape index (κ3) is 9.09. The monoisotopic (exact) mass is 519 g/mol. The normalized spacial score (nSPS) is 16.8. The van der Waals surface area contributed by atoms with E-state index >= 15 is 0 Å². The Hall–Kier alpha value is -1.06. The van der Waals surface area contributed by atoms with Crippen molar-refractivity contribution in [3.63, 3.8) is 0 Å². The predicted octanol–water partition coefficient (Wildman–Crippen LogP) is 3.76. The lowest BCUT2D eigenvalue weighted by Gasteiger charge is -2.22. The molecule has 1 aliphatic rings. The third-order valence-corrected chi connectivity index (χ3v) is 4.86. The third-order valence-electron chi connectivity index (χ3n) is 4.86. The molecule has 0 saturated carbocycles. The first-order chi connectivity index (χ1) is 13.7. The molecule has 0 aromatic heterocycles. The van der Waals surface area contributed by atoms with Gasteiger partial charge in [-0.3, -0.25) is 0 Å². The summed E-state index contributed by atoms with van der Waals surface area (Å²) in [5, 5.41) is 3.41. The quantitative estimate of drug-likeness (QED) is 0.209. The highest BCUT2D eigenvalue weighted by Crippen LogP contribution is 2.25. The molecule has 1 aromatic carbocycles. The highest BCUT2D eigenvalue weighted by atomic mass is 127. The number of nitrogens with zero attached hydrogens (tertiary/aromatic N) is 2. The zero-order chi connectivity index (χ0) is 20.2. The van der Waals surface area contributed by atoms with E-state index in [4.69, 9.17) is 19.2 Å². The summed E-state index contributed by atoms with van der Waals surface area (Å²) in [5.74, 6) is 2.94. The molecule has 166 valence electrons. The summed E-state index contributed by atoms with van der Waals surface area (Å²) >= 11 is 0. The van der Waals surface area contributed by atoms with E-state index < -0.39 is 0 Å². The zero-order valence-corrected chi connectivity index (χ0v) is 20.7. The van der Waals surface area contributed by atoms with E-state index in [1.165, 1.54) is 5.56 Å². The van der Waals surface area contributed by atoms with Gasteiger partial charge in [-0.1, -0.05) is 32.0 Å². The van der Waals surface area contributed by atoms with Crippen LogP contribution in [-0.4, -0.2) is 70.6 Å². The van der Waals surface area contributed by atoms with E-state index in [1.807, 2.05) is 12.1 Å². The molecule has 1 heterocycles. The number of hydrogen-bond donors (Lipinski definition) is 1. The Labute approximate surface area is 193 Å². The molecular formula is C22H38IN3O3. The minimum Gasteiger partial charge on any atom is -0.491 e. The number of para-hydroxylation sites is 1. The number of halogens is 1. The molecule has 0 aliphatic carbocycles. The lowest BCUT2D eigenvalue weighted by atomic mass is 10.0. The van der Waals surface area contributed by atoms with Gasteiger partial charge in [-0.25, -0.2) is 4.99 Å². The standard InChI is InChI=1S/C22H37N3O3.HI/c1-5-23-22(25-12-10-19(16-25)17-27-15-14-26-4)24-11-13-28-21-9-7-6-8-20(21)18(2)3;/h6-9,18-19H,5,10-17H2,1-4H3,(H,23,24);1H. The first-order valence-corrected chi connectivity index (χ1v) is 10.5. The molecular weight excluding hydrogens is 481 g/mol. The maximum absolute atomic E-state index is 6.00. The number of likely N-dealkylation sites (tertiary alicyclic amines) is 1. The average Bonchev–Trinajstić information content (AvgIpc) is 3.16. The first-order valence-electron chi connectivity index (χ1n) is 10.5. The Morgan fingerprint density at radius 1 is 1.24 bits per heavy atom. The maximum Gasteiger partial charge on any atom is 0.194 e. The van der Waals surface area contributed by atoms with Crippen LogP contribution in [0.1, 0.15) is 38.7 Å². The van der Waals surface area contributed by atoms with Crippen LogP contribution < -0.4 is 10.1 Å². The smallest absolute Gasteiger partial charge is 0.194 e. The van der Waals surface area contributed by atoms with Gasteiger partial charge in [-0.05, 0) is 30.9 Å². The van der Waals surface area contributed by atoms with Crippen LogP contribution in [-0.2, 0) is 9.47 Å². The molecule has 1 aromatic rings. The molecule has 1 saturated heterocycles. The van der Waals surface area contributed by atoms with E-state index in [9.17, 15) is 0 Å². The predicted molar refractivity (Wildman–Crippen MR) is 130 cm³/mol. The van der Waals surface area contributed by atoms with Crippen LogP contribution in [0.15, 0.2) is 29.3 Å². The van der Waals surface area contributed by atoms with E-state index in [1.54, 1.807) is 7.11 Å². The second-order valence-corrected chi connectivity index (χ2v) is 7.45. The number of rotatable bonds is 11. The van der Waals surface area contributed by atoms with Gasteiger partial charge in [-0.2, -0.15) is 0 Å². The Morgan fingerprint density at radius 2 is 2.03 bits per heavy atom. The Morgan fingerprint density at radius 3 is 2.76 bits per heavy atom. The molecule has 1 fully saturated rings. The summed E-state index contributed by atoms with van der Waals surface area (Å²) in [5.41, 5.74) is 1.24. The van der Waals surface area contributed by atoms with Gasteiger partial charge in [0.15, 0.2) is 5.96 Å². The van der Waals surface area contributed by atoms with Gasteiger partial charge in [-0.15, -0.1) is 24.0 Å². The van der Waals surface area contributed by atoms with Crippen molar-refractivity contribution in [3.05, 3.63) is 29.8 Å². The lowest BCUT2D eigenvalue weighted by Crippen LogP contribution is -2.40. The van der Waals surface area contributed by atoms with E-state index in [0.717, 1.165) is 44.4 Å². The molecule has 0 bridgehead atoms.